The zero-order valence-electron chi connectivity index (χ0n) is 15.2. The molecule has 2 rings (SSSR count). The van der Waals surface area contributed by atoms with Crippen LogP contribution in [0.2, 0.25) is 0 Å². The van der Waals surface area contributed by atoms with Crippen LogP contribution in [0.4, 0.5) is 5.69 Å². The van der Waals surface area contributed by atoms with Crippen LogP contribution in [-0.2, 0) is 21.5 Å². The summed E-state index contributed by atoms with van der Waals surface area (Å²) >= 11 is 0. The molecule has 1 aromatic carbocycles. The number of piperidine rings is 1. The molecule has 7 heteroatoms. The summed E-state index contributed by atoms with van der Waals surface area (Å²) in [5.74, 6) is 0.140. The lowest BCUT2D eigenvalue weighted by Gasteiger charge is -2.27. The van der Waals surface area contributed by atoms with E-state index in [4.69, 9.17) is 0 Å². The summed E-state index contributed by atoms with van der Waals surface area (Å²) in [4.78, 5) is 13.9. The molecule has 1 aliphatic rings. The SMILES string of the molecule is CCCN(CCC)S(=O)(=O)NCc1cccc(N2CCCCC2=O)c1. The average molecular weight is 368 g/mol. The minimum Gasteiger partial charge on any atom is -0.312 e. The Morgan fingerprint density at radius 2 is 1.88 bits per heavy atom. The minimum atomic E-state index is -3.49. The molecule has 1 amide bonds. The highest BCUT2D eigenvalue weighted by molar-refractivity contribution is 7.87. The van der Waals surface area contributed by atoms with Crippen molar-refractivity contribution in [3.63, 3.8) is 0 Å². The first-order valence-electron chi connectivity index (χ1n) is 9.12. The van der Waals surface area contributed by atoms with Gasteiger partial charge in [0.15, 0.2) is 0 Å². The largest absolute Gasteiger partial charge is 0.312 e. The zero-order valence-corrected chi connectivity index (χ0v) is 16.0. The topological polar surface area (TPSA) is 69.7 Å². The van der Waals surface area contributed by atoms with Crippen LogP contribution in [0.1, 0.15) is 51.5 Å². The quantitative estimate of drug-likeness (QED) is 0.729. The van der Waals surface area contributed by atoms with E-state index in [9.17, 15) is 13.2 Å². The summed E-state index contributed by atoms with van der Waals surface area (Å²) in [6, 6.07) is 7.55. The van der Waals surface area contributed by atoms with Crippen molar-refractivity contribution in [3.05, 3.63) is 29.8 Å². The van der Waals surface area contributed by atoms with Gasteiger partial charge in [-0.25, -0.2) is 0 Å². The third kappa shape index (κ3) is 5.52. The first-order chi connectivity index (χ1) is 12.0. The van der Waals surface area contributed by atoms with Gasteiger partial charge in [-0.1, -0.05) is 26.0 Å². The van der Waals surface area contributed by atoms with E-state index in [-0.39, 0.29) is 12.5 Å². The summed E-state index contributed by atoms with van der Waals surface area (Å²) in [5.41, 5.74) is 1.70. The molecule has 1 saturated heterocycles. The number of carbonyl (C=O) groups excluding carboxylic acids is 1. The maximum atomic E-state index is 12.5. The highest BCUT2D eigenvalue weighted by Crippen LogP contribution is 2.22. The van der Waals surface area contributed by atoms with Crippen LogP contribution < -0.4 is 9.62 Å². The van der Waals surface area contributed by atoms with Crippen molar-refractivity contribution in [2.75, 3.05) is 24.5 Å². The van der Waals surface area contributed by atoms with Gasteiger partial charge in [-0.3, -0.25) is 4.79 Å². The van der Waals surface area contributed by atoms with Crippen LogP contribution >= 0.6 is 0 Å². The van der Waals surface area contributed by atoms with Gasteiger partial charge in [-0.05, 0) is 43.4 Å². The van der Waals surface area contributed by atoms with E-state index >= 15 is 0 Å². The van der Waals surface area contributed by atoms with Gasteiger partial charge in [0, 0.05) is 38.3 Å². The fourth-order valence-electron chi connectivity index (χ4n) is 3.03. The second kappa shape index (κ2) is 9.31. The van der Waals surface area contributed by atoms with Crippen LogP contribution in [0.15, 0.2) is 24.3 Å². The molecule has 0 bridgehead atoms. The molecule has 1 aromatic rings. The number of hydrogen-bond donors (Lipinski definition) is 1. The van der Waals surface area contributed by atoms with E-state index < -0.39 is 10.2 Å². The molecule has 0 saturated carbocycles. The standard InChI is InChI=1S/C18H29N3O3S/c1-3-11-20(12-4-2)25(23,24)19-15-16-8-7-9-17(14-16)21-13-6-5-10-18(21)22/h7-9,14,19H,3-6,10-13,15H2,1-2H3. The van der Waals surface area contributed by atoms with Crippen LogP contribution in [0.25, 0.3) is 0 Å². The van der Waals surface area contributed by atoms with Gasteiger partial charge in [-0.15, -0.1) is 0 Å². The molecule has 25 heavy (non-hydrogen) atoms. The summed E-state index contributed by atoms with van der Waals surface area (Å²) < 4.78 is 29.1. The number of benzene rings is 1. The zero-order chi connectivity index (χ0) is 18.3. The van der Waals surface area contributed by atoms with E-state index in [0.29, 0.717) is 19.5 Å². The Kier molecular flexibility index (Phi) is 7.40. The predicted molar refractivity (Wildman–Crippen MR) is 101 cm³/mol. The summed E-state index contributed by atoms with van der Waals surface area (Å²) in [7, 11) is -3.49. The Bertz CT molecular complexity index is 670. The third-order valence-corrected chi connectivity index (χ3v) is 5.84. The molecule has 0 unspecified atom stereocenters. The van der Waals surface area contributed by atoms with Gasteiger partial charge < -0.3 is 4.90 Å². The van der Waals surface area contributed by atoms with Crippen molar-refractivity contribution in [2.45, 2.75) is 52.5 Å². The number of nitrogens with zero attached hydrogens (tertiary/aromatic N) is 2. The molecule has 0 spiro atoms. The first-order valence-corrected chi connectivity index (χ1v) is 10.6. The van der Waals surface area contributed by atoms with Crippen molar-refractivity contribution in [1.82, 2.24) is 9.03 Å². The Hall–Kier alpha value is -1.44. The van der Waals surface area contributed by atoms with E-state index in [1.165, 1.54) is 4.31 Å². The number of amides is 1. The van der Waals surface area contributed by atoms with Gasteiger partial charge in [0.2, 0.25) is 5.91 Å². The number of carbonyl (C=O) groups is 1. The molecule has 0 aliphatic carbocycles. The van der Waals surface area contributed by atoms with E-state index in [0.717, 1.165) is 43.5 Å². The smallest absolute Gasteiger partial charge is 0.279 e. The molecule has 0 radical (unpaired) electrons. The Balaban J connectivity index is 2.05. The highest BCUT2D eigenvalue weighted by atomic mass is 32.2. The molecule has 0 atom stereocenters. The van der Waals surface area contributed by atoms with E-state index in [1.54, 1.807) is 4.90 Å². The molecule has 1 heterocycles. The Morgan fingerprint density at radius 3 is 2.52 bits per heavy atom. The fraction of sp³-hybridized carbons (Fsp3) is 0.611. The third-order valence-electron chi connectivity index (χ3n) is 4.29. The number of rotatable bonds is 9. The van der Waals surface area contributed by atoms with Crippen molar-refractivity contribution in [3.8, 4) is 0 Å². The number of nitrogens with one attached hydrogen (secondary N) is 1. The van der Waals surface area contributed by atoms with Crippen molar-refractivity contribution < 1.29 is 13.2 Å². The normalized spacial score (nSPS) is 15.8. The van der Waals surface area contributed by atoms with Crippen molar-refractivity contribution in [1.29, 1.82) is 0 Å². The molecule has 140 valence electrons. The highest BCUT2D eigenvalue weighted by Gasteiger charge is 2.21. The Labute approximate surface area is 151 Å². The monoisotopic (exact) mass is 367 g/mol. The fourth-order valence-corrected chi connectivity index (χ4v) is 4.41. The lowest BCUT2D eigenvalue weighted by molar-refractivity contribution is -0.119. The molecular formula is C18H29N3O3S. The number of anilines is 1. The van der Waals surface area contributed by atoms with Crippen LogP contribution in [0.3, 0.4) is 0 Å². The lowest BCUT2D eigenvalue weighted by atomic mass is 10.1. The van der Waals surface area contributed by atoms with Crippen LogP contribution in [-0.4, -0.2) is 38.3 Å². The van der Waals surface area contributed by atoms with Crippen molar-refractivity contribution in [2.24, 2.45) is 0 Å². The van der Waals surface area contributed by atoms with E-state index in [2.05, 4.69) is 4.72 Å². The van der Waals surface area contributed by atoms with Gasteiger partial charge in [0.25, 0.3) is 10.2 Å². The molecule has 1 aliphatic heterocycles. The van der Waals surface area contributed by atoms with E-state index in [1.807, 2.05) is 38.1 Å². The number of hydrogen-bond acceptors (Lipinski definition) is 3. The molecule has 1 fully saturated rings. The second-order valence-electron chi connectivity index (χ2n) is 6.40. The van der Waals surface area contributed by atoms with Gasteiger partial charge in [0.05, 0.1) is 0 Å². The first kappa shape index (κ1) is 19.9. The maximum absolute atomic E-state index is 12.5. The molecule has 6 nitrogen and oxygen atoms in total. The summed E-state index contributed by atoms with van der Waals surface area (Å²) in [6.45, 7) is 5.93. The molecule has 1 N–H and O–H groups in total. The second-order valence-corrected chi connectivity index (χ2v) is 8.15. The Morgan fingerprint density at radius 1 is 1.16 bits per heavy atom. The molecule has 0 aromatic heterocycles. The maximum Gasteiger partial charge on any atom is 0.279 e. The molecular weight excluding hydrogens is 338 g/mol. The van der Waals surface area contributed by atoms with Gasteiger partial charge in [-0.2, -0.15) is 17.4 Å². The van der Waals surface area contributed by atoms with Gasteiger partial charge in [0.1, 0.15) is 0 Å². The average Bonchev–Trinajstić information content (AvgIpc) is 2.60. The van der Waals surface area contributed by atoms with Crippen LogP contribution in [0.5, 0.6) is 0 Å². The predicted octanol–water partition coefficient (Wildman–Crippen LogP) is 2.66. The minimum absolute atomic E-state index is 0.140. The lowest BCUT2D eigenvalue weighted by Crippen LogP contribution is -2.41. The van der Waals surface area contributed by atoms with Gasteiger partial charge >= 0.3 is 0 Å². The summed E-state index contributed by atoms with van der Waals surface area (Å²) in [6.07, 6.45) is 4.10. The van der Waals surface area contributed by atoms with Crippen LogP contribution in [0, 0.1) is 0 Å². The van der Waals surface area contributed by atoms with Crippen molar-refractivity contribution >= 4 is 21.8 Å². The summed E-state index contributed by atoms with van der Waals surface area (Å²) in [5, 5.41) is 0.